The molecule has 1 aliphatic heterocycles. The summed E-state index contributed by atoms with van der Waals surface area (Å²) in [5.41, 5.74) is 1.84. The summed E-state index contributed by atoms with van der Waals surface area (Å²) in [4.78, 5) is 2.58. The van der Waals surface area contributed by atoms with E-state index in [1.807, 2.05) is 0 Å². The molecule has 3 atom stereocenters. The zero-order valence-corrected chi connectivity index (χ0v) is 10.2. The molecule has 1 fully saturated rings. The maximum absolute atomic E-state index is 2.58. The number of benzene rings is 1. The Morgan fingerprint density at radius 2 is 1.73 bits per heavy atom. The third-order valence-electron chi connectivity index (χ3n) is 3.34. The number of rotatable bonds is 2. The van der Waals surface area contributed by atoms with Crippen LogP contribution in [0.15, 0.2) is 30.3 Å². The first-order valence-corrected chi connectivity index (χ1v) is 5.80. The van der Waals surface area contributed by atoms with E-state index in [9.17, 15) is 0 Å². The quantitative estimate of drug-likeness (QED) is 0.666. The van der Waals surface area contributed by atoms with Gasteiger partial charge in [-0.3, -0.25) is 4.90 Å². The third-order valence-corrected chi connectivity index (χ3v) is 3.34. The molecule has 0 aliphatic carbocycles. The Bertz CT molecular complexity index is 323. The molecule has 1 nitrogen and oxygen atoms in total. The van der Waals surface area contributed by atoms with Crippen LogP contribution in [0.2, 0.25) is 0 Å². The third kappa shape index (κ3) is 2.23. The molecule has 15 heavy (non-hydrogen) atoms. The lowest BCUT2D eigenvalue weighted by atomic mass is 9.90. The topological polar surface area (TPSA) is 3.01 Å². The maximum Gasteiger partial charge on any atom is 0.0304 e. The first-order chi connectivity index (χ1) is 7.00. The van der Waals surface area contributed by atoms with Crippen molar-refractivity contribution in [2.24, 2.45) is 5.41 Å². The van der Waals surface area contributed by atoms with E-state index in [2.05, 4.69) is 62.9 Å². The van der Waals surface area contributed by atoms with E-state index < -0.39 is 0 Å². The molecule has 82 valence electrons. The molecule has 0 radical (unpaired) electrons. The van der Waals surface area contributed by atoms with E-state index in [4.69, 9.17) is 0 Å². The van der Waals surface area contributed by atoms with Crippen LogP contribution in [0.25, 0.3) is 0 Å². The van der Waals surface area contributed by atoms with Gasteiger partial charge in [0.2, 0.25) is 0 Å². The van der Waals surface area contributed by atoms with Gasteiger partial charge in [0.1, 0.15) is 0 Å². The average molecular weight is 203 g/mol. The minimum absolute atomic E-state index is 0.411. The largest absolute Gasteiger partial charge is 0.290 e. The van der Waals surface area contributed by atoms with Crippen molar-refractivity contribution < 1.29 is 0 Å². The Morgan fingerprint density at radius 3 is 2.20 bits per heavy atom. The number of nitrogens with zero attached hydrogens (tertiary/aromatic N) is 1. The molecule has 0 bridgehead atoms. The van der Waals surface area contributed by atoms with E-state index in [0.29, 0.717) is 5.41 Å². The summed E-state index contributed by atoms with van der Waals surface area (Å²) in [5, 5.41) is 0. The lowest BCUT2D eigenvalue weighted by molar-refractivity contribution is 0.324. The first-order valence-electron chi connectivity index (χ1n) is 5.80. The van der Waals surface area contributed by atoms with E-state index in [-0.39, 0.29) is 0 Å². The van der Waals surface area contributed by atoms with Crippen molar-refractivity contribution in [3.63, 3.8) is 0 Å². The van der Waals surface area contributed by atoms with Gasteiger partial charge in [0.25, 0.3) is 0 Å². The number of hydrogen-bond acceptors (Lipinski definition) is 1. The Balaban J connectivity index is 1.99. The molecular weight excluding hydrogens is 182 g/mol. The lowest BCUT2D eigenvalue weighted by Gasteiger charge is -2.18. The molecule has 1 aromatic carbocycles. The summed E-state index contributed by atoms with van der Waals surface area (Å²) in [5.74, 6) is 0. The van der Waals surface area contributed by atoms with Gasteiger partial charge >= 0.3 is 0 Å². The normalized spacial score (nSPS) is 30.3. The molecule has 2 rings (SSSR count). The molecule has 1 aliphatic rings. The zero-order chi connectivity index (χ0) is 11.1. The van der Waals surface area contributed by atoms with Crippen molar-refractivity contribution in [1.29, 1.82) is 0 Å². The van der Waals surface area contributed by atoms with Gasteiger partial charge in [-0.05, 0) is 17.9 Å². The lowest BCUT2D eigenvalue weighted by Crippen LogP contribution is -2.18. The van der Waals surface area contributed by atoms with E-state index >= 15 is 0 Å². The summed E-state index contributed by atoms with van der Waals surface area (Å²) >= 11 is 0. The Morgan fingerprint density at radius 1 is 1.13 bits per heavy atom. The minimum atomic E-state index is 0.411. The fourth-order valence-electron chi connectivity index (χ4n) is 2.67. The fourth-order valence-corrected chi connectivity index (χ4v) is 2.67. The molecular formula is C14H21N. The zero-order valence-electron chi connectivity index (χ0n) is 10.2. The molecule has 1 heterocycles. The van der Waals surface area contributed by atoms with Crippen LogP contribution in [0.1, 0.15) is 33.3 Å². The second kappa shape index (κ2) is 3.64. The summed E-state index contributed by atoms with van der Waals surface area (Å²) in [6.07, 6.45) is 0. The monoisotopic (exact) mass is 203 g/mol. The molecule has 0 spiro atoms. The molecule has 0 aromatic heterocycles. The van der Waals surface area contributed by atoms with Crippen LogP contribution in [0.3, 0.4) is 0 Å². The molecule has 0 N–H and O–H groups in total. The highest BCUT2D eigenvalue weighted by molar-refractivity contribution is 5.17. The smallest absolute Gasteiger partial charge is 0.0304 e. The van der Waals surface area contributed by atoms with Crippen LogP contribution in [-0.4, -0.2) is 17.0 Å². The van der Waals surface area contributed by atoms with Crippen molar-refractivity contribution in [3.8, 4) is 0 Å². The van der Waals surface area contributed by atoms with Gasteiger partial charge in [0.15, 0.2) is 0 Å². The molecule has 0 saturated carbocycles. The van der Waals surface area contributed by atoms with Crippen LogP contribution < -0.4 is 0 Å². The van der Waals surface area contributed by atoms with Crippen molar-refractivity contribution in [3.05, 3.63) is 35.9 Å². The highest BCUT2D eigenvalue weighted by Crippen LogP contribution is 2.42. The standard InChI is InChI=1S/C14H21N/c1-11-13(14(2,3)4)15(11)10-12-8-6-5-7-9-12/h5-9,11,13H,10H2,1-4H3/t11-,13-,15?/m0/s1. The van der Waals surface area contributed by atoms with Gasteiger partial charge in [-0.15, -0.1) is 0 Å². The Labute approximate surface area is 93.1 Å². The highest BCUT2D eigenvalue weighted by Gasteiger charge is 2.50. The van der Waals surface area contributed by atoms with Gasteiger partial charge in [-0.25, -0.2) is 0 Å². The molecule has 1 aromatic rings. The Kier molecular flexibility index (Phi) is 2.59. The van der Waals surface area contributed by atoms with E-state index in [0.717, 1.165) is 18.6 Å². The summed E-state index contributed by atoms with van der Waals surface area (Å²) in [6, 6.07) is 12.2. The van der Waals surface area contributed by atoms with Crippen LogP contribution >= 0.6 is 0 Å². The van der Waals surface area contributed by atoms with E-state index in [1.54, 1.807) is 0 Å². The summed E-state index contributed by atoms with van der Waals surface area (Å²) in [7, 11) is 0. The van der Waals surface area contributed by atoms with Crippen LogP contribution in [-0.2, 0) is 6.54 Å². The predicted octanol–water partition coefficient (Wildman–Crippen LogP) is 3.31. The van der Waals surface area contributed by atoms with Crippen LogP contribution in [0.4, 0.5) is 0 Å². The minimum Gasteiger partial charge on any atom is -0.290 e. The van der Waals surface area contributed by atoms with Gasteiger partial charge in [0.05, 0.1) is 0 Å². The van der Waals surface area contributed by atoms with Crippen LogP contribution in [0, 0.1) is 5.41 Å². The average Bonchev–Trinajstić information content (AvgIpc) is 2.77. The van der Waals surface area contributed by atoms with Crippen molar-refractivity contribution in [1.82, 2.24) is 4.90 Å². The molecule has 1 unspecified atom stereocenters. The van der Waals surface area contributed by atoms with Gasteiger partial charge in [-0.2, -0.15) is 0 Å². The SMILES string of the molecule is C[C@H]1[C@@H](C(C)(C)C)N1Cc1ccccc1. The van der Waals surface area contributed by atoms with Crippen molar-refractivity contribution in [2.75, 3.05) is 0 Å². The fraction of sp³-hybridized carbons (Fsp3) is 0.571. The molecule has 0 amide bonds. The Hall–Kier alpha value is -0.820. The van der Waals surface area contributed by atoms with Gasteiger partial charge in [-0.1, -0.05) is 51.1 Å². The molecule has 1 heteroatoms. The summed E-state index contributed by atoms with van der Waals surface area (Å²) in [6.45, 7) is 10.4. The number of hydrogen-bond donors (Lipinski definition) is 0. The van der Waals surface area contributed by atoms with Crippen LogP contribution in [0.5, 0.6) is 0 Å². The maximum atomic E-state index is 2.58. The summed E-state index contributed by atoms with van der Waals surface area (Å²) < 4.78 is 0. The second-order valence-electron chi connectivity index (χ2n) is 5.71. The predicted molar refractivity (Wildman–Crippen MR) is 64.7 cm³/mol. The van der Waals surface area contributed by atoms with Gasteiger partial charge < -0.3 is 0 Å². The second-order valence-corrected chi connectivity index (χ2v) is 5.71. The van der Waals surface area contributed by atoms with Crippen molar-refractivity contribution >= 4 is 0 Å². The van der Waals surface area contributed by atoms with E-state index in [1.165, 1.54) is 5.56 Å². The van der Waals surface area contributed by atoms with Gasteiger partial charge in [0, 0.05) is 18.6 Å². The first kappa shape index (κ1) is 10.7. The highest BCUT2D eigenvalue weighted by atomic mass is 15.4. The molecule has 1 saturated heterocycles. The van der Waals surface area contributed by atoms with Crippen molar-refractivity contribution in [2.45, 2.75) is 46.3 Å².